The summed E-state index contributed by atoms with van der Waals surface area (Å²) in [6, 6.07) is 5.33. The van der Waals surface area contributed by atoms with Crippen LogP contribution in [-0.2, 0) is 24.4 Å². The average Bonchev–Trinajstić information content (AvgIpc) is 2.69. The quantitative estimate of drug-likeness (QED) is 0.543. The van der Waals surface area contributed by atoms with Gasteiger partial charge in [0.25, 0.3) is 15.9 Å². The molecule has 1 fully saturated rings. The molecule has 2 rings (SSSR count). The van der Waals surface area contributed by atoms with Crippen molar-refractivity contribution in [2.75, 3.05) is 20.8 Å². The van der Waals surface area contributed by atoms with E-state index in [-0.39, 0.29) is 29.0 Å². The largest absolute Gasteiger partial charge is 0.452 e. The molecule has 0 heterocycles. The van der Waals surface area contributed by atoms with Crippen molar-refractivity contribution in [2.24, 2.45) is 11.8 Å². The highest BCUT2D eigenvalue weighted by Gasteiger charge is 2.28. The van der Waals surface area contributed by atoms with Gasteiger partial charge in [-0.3, -0.25) is 9.63 Å². The fourth-order valence-corrected chi connectivity index (χ4v) is 4.23. The zero-order valence-corrected chi connectivity index (χ0v) is 17.5. The lowest BCUT2D eigenvalue weighted by molar-refractivity contribution is -0.125. The second-order valence-corrected chi connectivity index (χ2v) is 9.07. The average molecular weight is 413 g/mol. The molecule has 3 atom stereocenters. The Morgan fingerprint density at radius 1 is 1.18 bits per heavy atom. The van der Waals surface area contributed by atoms with Crippen LogP contribution in [0.15, 0.2) is 29.2 Å². The second kappa shape index (κ2) is 9.49. The van der Waals surface area contributed by atoms with Gasteiger partial charge in [-0.05, 0) is 42.5 Å². The smallest absolute Gasteiger partial charge is 0.338 e. The summed E-state index contributed by atoms with van der Waals surface area (Å²) in [5, 5.41) is 2.94. The number of esters is 1. The summed E-state index contributed by atoms with van der Waals surface area (Å²) in [4.78, 5) is 28.9. The Kier molecular flexibility index (Phi) is 7.56. The minimum Gasteiger partial charge on any atom is -0.452 e. The number of ether oxygens (including phenoxy) is 1. The Morgan fingerprint density at radius 3 is 2.43 bits per heavy atom. The molecule has 0 unspecified atom stereocenters. The number of benzene rings is 1. The van der Waals surface area contributed by atoms with Crippen molar-refractivity contribution in [1.29, 1.82) is 0 Å². The summed E-state index contributed by atoms with van der Waals surface area (Å²) in [6.07, 6.45) is 3.16. The molecule has 1 amide bonds. The van der Waals surface area contributed by atoms with Gasteiger partial charge < -0.3 is 10.1 Å². The van der Waals surface area contributed by atoms with Crippen LogP contribution in [0.5, 0.6) is 0 Å². The molecule has 8 nitrogen and oxygen atoms in total. The predicted octanol–water partition coefficient (Wildman–Crippen LogP) is 1.97. The summed E-state index contributed by atoms with van der Waals surface area (Å²) in [7, 11) is -1.28. The predicted molar refractivity (Wildman–Crippen MR) is 103 cm³/mol. The third-order valence-electron chi connectivity index (χ3n) is 5.37. The molecule has 0 spiro atoms. The number of nitrogens with one attached hydrogen (secondary N) is 1. The third kappa shape index (κ3) is 5.30. The van der Waals surface area contributed by atoms with Gasteiger partial charge in [0.1, 0.15) is 0 Å². The molecule has 156 valence electrons. The summed E-state index contributed by atoms with van der Waals surface area (Å²) in [5.41, 5.74) is 0.159. The SMILES string of the molecule is CON(C)S(=O)(=O)c1ccc(C(=O)OCC(=O)N[C@@H]2CCC[C@@H](C)[C@H]2C)cc1. The molecule has 1 aliphatic rings. The first kappa shape index (κ1) is 22.3. The highest BCUT2D eigenvalue weighted by Crippen LogP contribution is 2.29. The molecule has 0 saturated heterocycles. The molecule has 0 bridgehead atoms. The number of hydrogen-bond donors (Lipinski definition) is 1. The van der Waals surface area contributed by atoms with Gasteiger partial charge in [0, 0.05) is 13.1 Å². The monoisotopic (exact) mass is 412 g/mol. The molecule has 28 heavy (non-hydrogen) atoms. The minimum absolute atomic E-state index is 0.0217. The van der Waals surface area contributed by atoms with Gasteiger partial charge in [0.2, 0.25) is 0 Å². The summed E-state index contributed by atoms with van der Waals surface area (Å²) < 4.78 is 30.0. The van der Waals surface area contributed by atoms with Gasteiger partial charge in [-0.15, -0.1) is 0 Å². The van der Waals surface area contributed by atoms with E-state index >= 15 is 0 Å². The Morgan fingerprint density at radius 2 is 1.82 bits per heavy atom. The second-order valence-electron chi connectivity index (χ2n) is 7.14. The van der Waals surface area contributed by atoms with Crippen LogP contribution in [0.4, 0.5) is 0 Å². The Hall–Kier alpha value is -1.97. The maximum absolute atomic E-state index is 12.1. The van der Waals surface area contributed by atoms with Crippen molar-refractivity contribution < 1.29 is 27.6 Å². The van der Waals surface area contributed by atoms with Gasteiger partial charge in [-0.1, -0.05) is 31.2 Å². The van der Waals surface area contributed by atoms with Gasteiger partial charge in [-0.25, -0.2) is 13.2 Å². The normalized spacial score (nSPS) is 22.7. The topological polar surface area (TPSA) is 102 Å². The van der Waals surface area contributed by atoms with Gasteiger partial charge in [0.15, 0.2) is 6.61 Å². The van der Waals surface area contributed by atoms with Crippen molar-refractivity contribution in [3.63, 3.8) is 0 Å². The minimum atomic E-state index is -3.79. The van der Waals surface area contributed by atoms with Crippen LogP contribution >= 0.6 is 0 Å². The maximum Gasteiger partial charge on any atom is 0.338 e. The van der Waals surface area contributed by atoms with Crippen molar-refractivity contribution >= 4 is 21.9 Å². The molecule has 1 aromatic rings. The standard InChI is InChI=1S/C19H28N2O6S/c1-13-6-5-7-17(14(13)2)20-18(22)12-27-19(23)15-8-10-16(11-9-15)28(24,25)21(3)26-4/h8-11,13-14,17H,5-7,12H2,1-4H3,(H,20,22)/t13-,14-,17-/m1/s1. The van der Waals surface area contributed by atoms with Crippen molar-refractivity contribution in [1.82, 2.24) is 9.79 Å². The van der Waals surface area contributed by atoms with Crippen molar-refractivity contribution in [3.8, 4) is 0 Å². The van der Waals surface area contributed by atoms with Gasteiger partial charge >= 0.3 is 5.97 Å². The number of hydroxylamine groups is 1. The summed E-state index contributed by atoms with van der Waals surface area (Å²) in [6.45, 7) is 3.93. The molecule has 0 radical (unpaired) electrons. The Balaban J connectivity index is 1.90. The van der Waals surface area contributed by atoms with Crippen LogP contribution in [0, 0.1) is 11.8 Å². The van der Waals surface area contributed by atoms with E-state index in [1.165, 1.54) is 38.4 Å². The number of amides is 1. The number of hydrogen-bond acceptors (Lipinski definition) is 6. The Bertz CT molecular complexity index is 793. The van der Waals surface area contributed by atoms with E-state index in [4.69, 9.17) is 9.57 Å². The van der Waals surface area contributed by atoms with E-state index in [2.05, 4.69) is 19.2 Å². The molecule has 1 aromatic carbocycles. The van der Waals surface area contributed by atoms with E-state index in [1.807, 2.05) is 0 Å². The number of sulfonamides is 1. The van der Waals surface area contributed by atoms with Crippen LogP contribution in [0.3, 0.4) is 0 Å². The molecular weight excluding hydrogens is 384 g/mol. The summed E-state index contributed by atoms with van der Waals surface area (Å²) >= 11 is 0. The lowest BCUT2D eigenvalue weighted by Crippen LogP contribution is -2.45. The fourth-order valence-electron chi connectivity index (χ4n) is 3.26. The summed E-state index contributed by atoms with van der Waals surface area (Å²) in [5.74, 6) is -0.0915. The van der Waals surface area contributed by atoms with E-state index < -0.39 is 16.0 Å². The van der Waals surface area contributed by atoms with E-state index in [1.54, 1.807) is 0 Å². The van der Waals surface area contributed by atoms with Crippen LogP contribution in [-0.4, -0.2) is 51.6 Å². The van der Waals surface area contributed by atoms with E-state index in [0.717, 1.165) is 23.7 Å². The first-order valence-corrected chi connectivity index (χ1v) is 10.7. The molecule has 0 aromatic heterocycles. The number of carbonyl (C=O) groups is 2. The highest BCUT2D eigenvalue weighted by molar-refractivity contribution is 7.89. The zero-order chi connectivity index (χ0) is 20.9. The van der Waals surface area contributed by atoms with Crippen molar-refractivity contribution in [2.45, 2.75) is 44.0 Å². The maximum atomic E-state index is 12.1. The van der Waals surface area contributed by atoms with E-state index in [0.29, 0.717) is 11.8 Å². The highest BCUT2D eigenvalue weighted by atomic mass is 32.2. The lowest BCUT2D eigenvalue weighted by Gasteiger charge is -2.34. The van der Waals surface area contributed by atoms with Crippen LogP contribution in [0.25, 0.3) is 0 Å². The lowest BCUT2D eigenvalue weighted by atomic mass is 9.78. The van der Waals surface area contributed by atoms with E-state index in [9.17, 15) is 18.0 Å². The fraction of sp³-hybridized carbons (Fsp3) is 0.579. The number of carbonyl (C=O) groups excluding carboxylic acids is 2. The van der Waals surface area contributed by atoms with Gasteiger partial charge in [0.05, 0.1) is 17.6 Å². The molecule has 1 N–H and O–H groups in total. The van der Waals surface area contributed by atoms with Crippen LogP contribution < -0.4 is 5.32 Å². The van der Waals surface area contributed by atoms with Crippen molar-refractivity contribution in [3.05, 3.63) is 29.8 Å². The number of nitrogens with zero attached hydrogens (tertiary/aromatic N) is 1. The Labute approximate surface area is 166 Å². The van der Waals surface area contributed by atoms with Crippen LogP contribution in [0.2, 0.25) is 0 Å². The molecular formula is C19H28N2O6S. The molecule has 1 aliphatic carbocycles. The number of rotatable bonds is 7. The molecule has 9 heteroatoms. The third-order valence-corrected chi connectivity index (χ3v) is 7.06. The van der Waals surface area contributed by atoms with Crippen LogP contribution in [0.1, 0.15) is 43.5 Å². The molecule has 0 aliphatic heterocycles. The first-order chi connectivity index (χ1) is 13.2. The molecule has 1 saturated carbocycles. The zero-order valence-electron chi connectivity index (χ0n) is 16.7. The first-order valence-electron chi connectivity index (χ1n) is 9.26. The van der Waals surface area contributed by atoms with Gasteiger partial charge in [-0.2, -0.15) is 0 Å².